The maximum atomic E-state index is 2.46. The molecule has 2 heteroatoms. The summed E-state index contributed by atoms with van der Waals surface area (Å²) in [7, 11) is 0. The van der Waals surface area contributed by atoms with Crippen LogP contribution < -0.4 is 4.90 Å². The second-order valence-corrected chi connectivity index (χ2v) is 12.0. The Labute approximate surface area is 257 Å². The Balaban J connectivity index is 1.43. The van der Waals surface area contributed by atoms with E-state index in [1.807, 2.05) is 0 Å². The maximum absolute atomic E-state index is 2.46. The number of aryl methyl sites for hydroxylation is 2. The fraction of sp³-hybridized carbons (Fsp3) is 0.0476. The SMILES string of the molecule is Cc1cccc(N2c3cc4c(cc3-c3cccc5cccc2c35)c2cc(-c3ccccc3)ccc2n4-c2cccc(C)c2)c1. The Morgan fingerprint density at radius 2 is 1.14 bits per heavy atom. The number of aromatic nitrogens is 1. The first-order chi connectivity index (χ1) is 21.6. The number of hydrogen-bond donors (Lipinski definition) is 0. The summed E-state index contributed by atoms with van der Waals surface area (Å²) >= 11 is 0. The van der Waals surface area contributed by atoms with Gasteiger partial charge in [-0.15, -0.1) is 0 Å². The van der Waals surface area contributed by atoms with Crippen LogP contribution in [-0.4, -0.2) is 4.57 Å². The lowest BCUT2D eigenvalue weighted by Gasteiger charge is -2.34. The number of benzene rings is 7. The zero-order valence-corrected chi connectivity index (χ0v) is 24.8. The molecule has 0 unspecified atom stereocenters. The molecule has 0 fully saturated rings. The molecule has 0 aliphatic carbocycles. The standard InChI is InChI=1S/C42H30N2/c1-27-10-6-16-32(22-27)43-38-21-20-31(29-12-4-3-5-13-29)24-35(38)37-25-36-34-18-8-14-30-15-9-19-39(42(30)34)44(40(36)26-41(37)43)33-17-7-11-28(2)23-33/h3-26H,1-2H3. The van der Waals surface area contributed by atoms with Gasteiger partial charge in [0, 0.05) is 33.1 Å². The average Bonchev–Trinajstić information content (AvgIpc) is 3.37. The lowest BCUT2D eigenvalue weighted by Crippen LogP contribution is -2.15. The molecule has 0 saturated heterocycles. The fourth-order valence-corrected chi connectivity index (χ4v) is 7.22. The van der Waals surface area contributed by atoms with E-state index in [2.05, 4.69) is 169 Å². The molecule has 44 heavy (non-hydrogen) atoms. The van der Waals surface area contributed by atoms with Crippen LogP contribution in [0.5, 0.6) is 0 Å². The van der Waals surface area contributed by atoms with E-state index < -0.39 is 0 Å². The molecule has 1 aliphatic heterocycles. The van der Waals surface area contributed by atoms with Crippen LogP contribution in [0.4, 0.5) is 17.1 Å². The van der Waals surface area contributed by atoms with Gasteiger partial charge in [-0.1, -0.05) is 91.0 Å². The molecule has 208 valence electrons. The average molecular weight is 563 g/mol. The number of fused-ring (bicyclic) bond motifs is 5. The third kappa shape index (κ3) is 3.68. The van der Waals surface area contributed by atoms with Gasteiger partial charge in [0.05, 0.1) is 22.4 Å². The lowest BCUT2D eigenvalue weighted by atomic mass is 9.89. The first kappa shape index (κ1) is 24.9. The third-order valence-electron chi connectivity index (χ3n) is 9.16. The van der Waals surface area contributed by atoms with Crippen LogP contribution in [0.2, 0.25) is 0 Å². The van der Waals surface area contributed by atoms with E-state index in [0.717, 1.165) is 0 Å². The predicted octanol–water partition coefficient (Wildman–Crippen LogP) is 11.7. The third-order valence-corrected chi connectivity index (χ3v) is 9.16. The topological polar surface area (TPSA) is 8.17 Å². The highest BCUT2D eigenvalue weighted by Crippen LogP contribution is 2.53. The van der Waals surface area contributed by atoms with Gasteiger partial charge in [-0.3, -0.25) is 0 Å². The summed E-state index contributed by atoms with van der Waals surface area (Å²) in [6.07, 6.45) is 0. The summed E-state index contributed by atoms with van der Waals surface area (Å²) in [4.78, 5) is 2.46. The highest BCUT2D eigenvalue weighted by atomic mass is 15.2. The Hall–Kier alpha value is -5.60. The zero-order chi connectivity index (χ0) is 29.4. The van der Waals surface area contributed by atoms with Crippen LogP contribution in [0.3, 0.4) is 0 Å². The molecule has 7 aromatic carbocycles. The van der Waals surface area contributed by atoms with Crippen LogP contribution in [-0.2, 0) is 0 Å². The normalized spacial score (nSPS) is 12.3. The van der Waals surface area contributed by atoms with Crippen molar-refractivity contribution < 1.29 is 0 Å². The van der Waals surface area contributed by atoms with Crippen molar-refractivity contribution in [2.75, 3.05) is 4.90 Å². The Kier molecular flexibility index (Phi) is 5.36. The molecule has 0 spiro atoms. The smallest absolute Gasteiger partial charge is 0.0562 e. The summed E-state index contributed by atoms with van der Waals surface area (Å²) in [6, 6.07) is 53.6. The minimum atomic E-state index is 1.18. The van der Waals surface area contributed by atoms with E-state index in [0.29, 0.717) is 0 Å². The van der Waals surface area contributed by atoms with Crippen molar-refractivity contribution in [1.82, 2.24) is 4.57 Å². The van der Waals surface area contributed by atoms with Crippen LogP contribution in [0.1, 0.15) is 11.1 Å². The Morgan fingerprint density at radius 1 is 0.432 bits per heavy atom. The molecule has 8 aromatic rings. The largest absolute Gasteiger partial charge is 0.309 e. The van der Waals surface area contributed by atoms with Gasteiger partial charge < -0.3 is 9.47 Å². The summed E-state index contributed by atoms with van der Waals surface area (Å²) < 4.78 is 2.45. The molecule has 1 aromatic heterocycles. The van der Waals surface area contributed by atoms with Crippen LogP contribution in [0.25, 0.3) is 60.5 Å². The first-order valence-electron chi connectivity index (χ1n) is 15.3. The van der Waals surface area contributed by atoms with Crippen molar-refractivity contribution in [3.05, 3.63) is 157 Å². The van der Waals surface area contributed by atoms with Gasteiger partial charge in [-0.25, -0.2) is 0 Å². The lowest BCUT2D eigenvalue weighted by molar-refractivity contribution is 1.17. The van der Waals surface area contributed by atoms with Crippen molar-refractivity contribution in [3.8, 4) is 27.9 Å². The van der Waals surface area contributed by atoms with E-state index >= 15 is 0 Å². The van der Waals surface area contributed by atoms with Gasteiger partial charge in [0.15, 0.2) is 0 Å². The number of nitrogens with zero attached hydrogens (tertiary/aromatic N) is 2. The molecule has 9 rings (SSSR count). The molecule has 0 saturated carbocycles. The summed E-state index contributed by atoms with van der Waals surface area (Å²) in [6.45, 7) is 4.34. The molecule has 1 aliphatic rings. The molecule has 0 bridgehead atoms. The molecule has 0 amide bonds. The minimum absolute atomic E-state index is 1.18. The summed E-state index contributed by atoms with van der Waals surface area (Å²) in [5.41, 5.74) is 14.7. The molecular formula is C42H30N2. The zero-order valence-electron chi connectivity index (χ0n) is 24.8. The maximum Gasteiger partial charge on any atom is 0.0562 e. The highest BCUT2D eigenvalue weighted by molar-refractivity contribution is 6.19. The molecule has 0 atom stereocenters. The number of anilines is 3. The minimum Gasteiger partial charge on any atom is -0.309 e. The first-order valence-corrected chi connectivity index (χ1v) is 15.3. The van der Waals surface area contributed by atoms with E-state index in [9.17, 15) is 0 Å². The quantitative estimate of drug-likeness (QED) is 0.208. The van der Waals surface area contributed by atoms with Gasteiger partial charge in [0.25, 0.3) is 0 Å². The van der Waals surface area contributed by atoms with E-state index in [1.54, 1.807) is 0 Å². The van der Waals surface area contributed by atoms with Crippen LogP contribution in [0.15, 0.2) is 146 Å². The number of hydrogen-bond acceptors (Lipinski definition) is 1. The molecule has 0 N–H and O–H groups in total. The molecular weight excluding hydrogens is 532 g/mol. The molecule has 0 radical (unpaired) electrons. The molecule has 2 heterocycles. The predicted molar refractivity (Wildman–Crippen MR) is 187 cm³/mol. The van der Waals surface area contributed by atoms with Gasteiger partial charge >= 0.3 is 0 Å². The molecule has 2 nitrogen and oxygen atoms in total. The second-order valence-electron chi connectivity index (χ2n) is 12.0. The number of rotatable bonds is 3. The van der Waals surface area contributed by atoms with Crippen molar-refractivity contribution >= 4 is 49.6 Å². The summed E-state index contributed by atoms with van der Waals surface area (Å²) in [5.74, 6) is 0. The van der Waals surface area contributed by atoms with E-state index in [4.69, 9.17) is 0 Å². The van der Waals surface area contributed by atoms with Crippen molar-refractivity contribution in [1.29, 1.82) is 0 Å². The monoisotopic (exact) mass is 562 g/mol. The van der Waals surface area contributed by atoms with Crippen molar-refractivity contribution in [2.24, 2.45) is 0 Å². The van der Waals surface area contributed by atoms with Gasteiger partial charge in [-0.2, -0.15) is 0 Å². The van der Waals surface area contributed by atoms with Crippen molar-refractivity contribution in [2.45, 2.75) is 13.8 Å². The van der Waals surface area contributed by atoms with Gasteiger partial charge in [0.2, 0.25) is 0 Å². The van der Waals surface area contributed by atoms with Gasteiger partial charge in [-0.05, 0) is 102 Å². The van der Waals surface area contributed by atoms with Gasteiger partial charge in [0.1, 0.15) is 0 Å². The summed E-state index contributed by atoms with van der Waals surface area (Å²) in [5, 5.41) is 5.09. The highest BCUT2D eigenvalue weighted by Gasteiger charge is 2.28. The van der Waals surface area contributed by atoms with Crippen LogP contribution >= 0.6 is 0 Å². The Bertz CT molecular complexity index is 2410. The Morgan fingerprint density at radius 3 is 1.93 bits per heavy atom. The van der Waals surface area contributed by atoms with E-state index in [1.165, 1.54) is 88.7 Å². The van der Waals surface area contributed by atoms with Crippen molar-refractivity contribution in [3.63, 3.8) is 0 Å². The fourth-order valence-electron chi connectivity index (χ4n) is 7.22. The van der Waals surface area contributed by atoms with Crippen LogP contribution in [0, 0.1) is 13.8 Å². The second kappa shape index (κ2) is 9.45. The van der Waals surface area contributed by atoms with E-state index in [-0.39, 0.29) is 0 Å².